The molecule has 0 radical (unpaired) electrons. The molecule has 26 heavy (non-hydrogen) atoms. The van der Waals surface area contributed by atoms with E-state index in [-0.39, 0.29) is 48.1 Å². The summed E-state index contributed by atoms with van der Waals surface area (Å²) >= 11 is 0. The summed E-state index contributed by atoms with van der Waals surface area (Å²) in [7, 11) is 0. The predicted octanol–water partition coefficient (Wildman–Crippen LogP) is 2.57. The molecule has 3 amide bonds. The largest absolute Gasteiger partial charge is 0.433 e. The molecule has 1 aliphatic heterocycles. The number of nitrogens with one attached hydrogen (secondary N) is 1. The first kappa shape index (κ1) is 18.0. The topological polar surface area (TPSA) is 75.7 Å². The highest BCUT2D eigenvalue weighted by atomic mass is 19.3. The summed E-state index contributed by atoms with van der Waals surface area (Å²) < 4.78 is 29.1. The van der Waals surface area contributed by atoms with Crippen molar-refractivity contribution in [3.05, 3.63) is 36.4 Å². The second-order valence-corrected chi connectivity index (χ2v) is 6.16. The number of carbonyl (C=O) groups is 3. The molecule has 3 rings (SSSR count). The molecule has 1 heterocycles. The third-order valence-corrected chi connectivity index (χ3v) is 4.54. The molecule has 1 saturated heterocycles. The Balaban J connectivity index is 1.58. The average molecular weight is 364 g/mol. The fourth-order valence-electron chi connectivity index (χ4n) is 3.28. The number of benzene rings is 1. The Morgan fingerprint density at radius 2 is 1.77 bits per heavy atom. The van der Waals surface area contributed by atoms with Crippen LogP contribution in [0.5, 0.6) is 5.75 Å². The molecule has 1 aromatic rings. The van der Waals surface area contributed by atoms with Gasteiger partial charge in [-0.3, -0.25) is 19.3 Å². The number of hydrogen-bond acceptors (Lipinski definition) is 4. The molecule has 6 nitrogen and oxygen atoms in total. The van der Waals surface area contributed by atoms with Crippen molar-refractivity contribution in [1.29, 1.82) is 0 Å². The Kier molecular flexibility index (Phi) is 5.29. The van der Waals surface area contributed by atoms with Crippen LogP contribution in [0.1, 0.15) is 19.3 Å². The highest BCUT2D eigenvalue weighted by Crippen LogP contribution is 2.35. The number of fused-ring (bicyclic) bond motifs is 1. The Hall–Kier alpha value is -2.77. The molecular formula is C18H18F2N2O4. The zero-order valence-electron chi connectivity index (χ0n) is 13.9. The van der Waals surface area contributed by atoms with Gasteiger partial charge in [0, 0.05) is 13.0 Å². The van der Waals surface area contributed by atoms with Gasteiger partial charge >= 0.3 is 6.61 Å². The van der Waals surface area contributed by atoms with E-state index in [9.17, 15) is 23.2 Å². The minimum Gasteiger partial charge on any atom is -0.433 e. The number of imide groups is 1. The van der Waals surface area contributed by atoms with E-state index in [2.05, 4.69) is 10.1 Å². The predicted molar refractivity (Wildman–Crippen MR) is 88.4 cm³/mol. The Morgan fingerprint density at radius 1 is 1.15 bits per heavy atom. The lowest BCUT2D eigenvalue weighted by molar-refractivity contribution is -0.140. The van der Waals surface area contributed by atoms with Crippen LogP contribution in [0.4, 0.5) is 14.5 Å². The lowest BCUT2D eigenvalue weighted by atomic mass is 9.85. The van der Waals surface area contributed by atoms with Gasteiger partial charge in [0.1, 0.15) is 5.75 Å². The van der Waals surface area contributed by atoms with Crippen LogP contribution < -0.4 is 10.1 Å². The quantitative estimate of drug-likeness (QED) is 0.622. The molecule has 1 N–H and O–H groups in total. The SMILES string of the molecule is O=C(CCN1C(=O)[C@H]2CC=CC[C@@H]2C1=O)Nc1ccccc1OC(F)F. The number of amides is 3. The van der Waals surface area contributed by atoms with Gasteiger partial charge in [-0.25, -0.2) is 0 Å². The second-order valence-electron chi connectivity index (χ2n) is 6.16. The number of allylic oxidation sites excluding steroid dienone is 2. The number of anilines is 1. The molecule has 0 spiro atoms. The Bertz CT molecular complexity index is 724. The van der Waals surface area contributed by atoms with E-state index in [0.717, 1.165) is 4.90 Å². The van der Waals surface area contributed by atoms with Crippen molar-refractivity contribution in [2.24, 2.45) is 11.8 Å². The maximum absolute atomic E-state index is 12.4. The summed E-state index contributed by atoms with van der Waals surface area (Å²) in [6.45, 7) is -3.04. The van der Waals surface area contributed by atoms with Crippen LogP contribution in [0.3, 0.4) is 0 Å². The Morgan fingerprint density at radius 3 is 2.38 bits per heavy atom. The first-order valence-corrected chi connectivity index (χ1v) is 8.31. The maximum atomic E-state index is 12.4. The van der Waals surface area contributed by atoms with Gasteiger partial charge in [0.25, 0.3) is 0 Å². The molecule has 1 aromatic carbocycles. The van der Waals surface area contributed by atoms with Crippen molar-refractivity contribution in [2.45, 2.75) is 25.9 Å². The molecule has 1 aliphatic carbocycles. The van der Waals surface area contributed by atoms with Crippen molar-refractivity contribution in [1.82, 2.24) is 4.90 Å². The van der Waals surface area contributed by atoms with Crippen LogP contribution in [0.15, 0.2) is 36.4 Å². The van der Waals surface area contributed by atoms with Crippen molar-refractivity contribution in [3.8, 4) is 5.75 Å². The zero-order valence-corrected chi connectivity index (χ0v) is 13.9. The third kappa shape index (κ3) is 3.74. The van der Waals surface area contributed by atoms with E-state index in [0.29, 0.717) is 12.8 Å². The maximum Gasteiger partial charge on any atom is 0.387 e. The monoisotopic (exact) mass is 364 g/mol. The molecular weight excluding hydrogens is 346 g/mol. The smallest absolute Gasteiger partial charge is 0.387 e. The van der Waals surface area contributed by atoms with Crippen LogP contribution in [0, 0.1) is 11.8 Å². The lowest BCUT2D eigenvalue weighted by Gasteiger charge is -2.15. The standard InChI is InChI=1S/C18H18F2N2O4/c19-18(20)26-14-8-4-3-7-13(14)21-15(23)9-10-22-16(24)11-5-1-2-6-12(11)17(22)25/h1-4,7-8,11-12,18H,5-6,9-10H2,(H,21,23)/t11-,12-/m0/s1. The van der Waals surface area contributed by atoms with E-state index >= 15 is 0 Å². The summed E-state index contributed by atoms with van der Waals surface area (Å²) in [4.78, 5) is 37.9. The fourth-order valence-corrected chi connectivity index (χ4v) is 3.28. The molecule has 138 valence electrons. The van der Waals surface area contributed by atoms with Gasteiger partial charge < -0.3 is 10.1 Å². The van der Waals surface area contributed by atoms with E-state index in [4.69, 9.17) is 0 Å². The van der Waals surface area contributed by atoms with E-state index in [1.54, 1.807) is 6.07 Å². The minimum absolute atomic E-state index is 0.0334. The number of alkyl halides is 2. The number of para-hydroxylation sites is 2. The lowest BCUT2D eigenvalue weighted by Crippen LogP contribution is -2.34. The highest BCUT2D eigenvalue weighted by molar-refractivity contribution is 6.05. The zero-order chi connectivity index (χ0) is 18.7. The van der Waals surface area contributed by atoms with Crippen LogP contribution in [0.25, 0.3) is 0 Å². The average Bonchev–Trinajstić information content (AvgIpc) is 2.86. The van der Waals surface area contributed by atoms with E-state index in [1.165, 1.54) is 18.2 Å². The highest BCUT2D eigenvalue weighted by Gasteiger charge is 2.46. The van der Waals surface area contributed by atoms with Gasteiger partial charge in [-0.15, -0.1) is 0 Å². The summed E-state index contributed by atoms with van der Waals surface area (Å²) in [5.41, 5.74) is 0.106. The molecule has 0 unspecified atom stereocenters. The Labute approximate surface area is 148 Å². The molecule has 1 fully saturated rings. The second kappa shape index (κ2) is 7.63. The van der Waals surface area contributed by atoms with Crippen molar-refractivity contribution >= 4 is 23.4 Å². The van der Waals surface area contributed by atoms with Gasteiger partial charge in [0.05, 0.1) is 17.5 Å². The number of halogens is 2. The van der Waals surface area contributed by atoms with Gasteiger partial charge in [0.15, 0.2) is 0 Å². The molecule has 2 aliphatic rings. The number of ether oxygens (including phenoxy) is 1. The van der Waals surface area contributed by atoms with Crippen molar-refractivity contribution < 1.29 is 27.9 Å². The minimum atomic E-state index is -3.01. The molecule has 0 bridgehead atoms. The van der Waals surface area contributed by atoms with Gasteiger partial charge in [0.2, 0.25) is 17.7 Å². The van der Waals surface area contributed by atoms with Crippen LogP contribution in [-0.4, -0.2) is 35.8 Å². The molecule has 2 atom stereocenters. The molecule has 0 aromatic heterocycles. The van der Waals surface area contributed by atoms with Crippen LogP contribution >= 0.6 is 0 Å². The summed E-state index contributed by atoms with van der Waals surface area (Å²) in [6, 6.07) is 5.82. The summed E-state index contributed by atoms with van der Waals surface area (Å²) in [5.74, 6) is -1.83. The van der Waals surface area contributed by atoms with Crippen molar-refractivity contribution in [2.75, 3.05) is 11.9 Å². The fraction of sp³-hybridized carbons (Fsp3) is 0.389. The summed E-state index contributed by atoms with van der Waals surface area (Å²) in [6.07, 6.45) is 4.74. The number of rotatable bonds is 6. The van der Waals surface area contributed by atoms with Gasteiger partial charge in [-0.05, 0) is 25.0 Å². The van der Waals surface area contributed by atoms with Crippen molar-refractivity contribution in [3.63, 3.8) is 0 Å². The molecule has 8 heteroatoms. The van der Waals surface area contributed by atoms with E-state index < -0.39 is 12.5 Å². The van der Waals surface area contributed by atoms with E-state index in [1.807, 2.05) is 12.2 Å². The number of hydrogen-bond donors (Lipinski definition) is 1. The number of likely N-dealkylation sites (tertiary alicyclic amines) is 1. The first-order chi connectivity index (χ1) is 12.5. The van der Waals surface area contributed by atoms with Crippen LogP contribution in [0.2, 0.25) is 0 Å². The van der Waals surface area contributed by atoms with Gasteiger partial charge in [-0.1, -0.05) is 24.3 Å². The number of carbonyl (C=O) groups excluding carboxylic acids is 3. The molecule has 0 saturated carbocycles. The number of nitrogens with zero attached hydrogens (tertiary/aromatic N) is 1. The van der Waals surface area contributed by atoms with Gasteiger partial charge in [-0.2, -0.15) is 8.78 Å². The first-order valence-electron chi connectivity index (χ1n) is 8.31. The third-order valence-electron chi connectivity index (χ3n) is 4.54. The summed E-state index contributed by atoms with van der Waals surface area (Å²) in [5, 5.41) is 2.47. The van der Waals surface area contributed by atoms with Crippen LogP contribution in [-0.2, 0) is 14.4 Å². The normalized spacial score (nSPS) is 21.9.